The zero-order valence-electron chi connectivity index (χ0n) is 9.69. The number of nitrogens with zero attached hydrogens (tertiary/aromatic N) is 1. The molecule has 90 valence electrons. The van der Waals surface area contributed by atoms with Gasteiger partial charge in [-0.05, 0) is 24.0 Å². The van der Waals surface area contributed by atoms with Crippen LogP contribution < -0.4 is 5.73 Å². The van der Waals surface area contributed by atoms with Gasteiger partial charge >= 0.3 is 6.03 Å². The van der Waals surface area contributed by atoms with Crippen LogP contribution in [-0.2, 0) is 16.8 Å². The van der Waals surface area contributed by atoms with E-state index in [4.69, 9.17) is 10.5 Å². The topological polar surface area (TPSA) is 55.6 Å². The van der Waals surface area contributed by atoms with Crippen LogP contribution in [0.3, 0.4) is 0 Å². The molecule has 2 N–H and O–H groups in total. The van der Waals surface area contributed by atoms with E-state index in [0.717, 1.165) is 12.8 Å². The molecule has 2 amide bonds. The zero-order chi connectivity index (χ0) is 11.9. The van der Waals surface area contributed by atoms with Gasteiger partial charge in [-0.1, -0.05) is 24.3 Å². The van der Waals surface area contributed by atoms with Gasteiger partial charge in [0.05, 0.1) is 13.2 Å². The number of carbonyl (C=O) groups is 1. The summed E-state index contributed by atoms with van der Waals surface area (Å²) in [6.07, 6.45) is 1.96. The van der Waals surface area contributed by atoms with Gasteiger partial charge < -0.3 is 15.4 Å². The minimum atomic E-state index is -0.350. The van der Waals surface area contributed by atoms with Gasteiger partial charge in [-0.2, -0.15) is 0 Å². The molecular weight excluding hydrogens is 216 g/mol. The molecule has 1 aromatic carbocycles. The van der Waals surface area contributed by atoms with Crippen molar-refractivity contribution in [3.05, 3.63) is 35.4 Å². The fourth-order valence-corrected chi connectivity index (χ4v) is 2.94. The minimum Gasteiger partial charge on any atom is -0.367 e. The number of aryl methyl sites for hydroxylation is 1. The third-order valence-corrected chi connectivity index (χ3v) is 3.80. The number of primary amides is 1. The highest BCUT2D eigenvalue weighted by molar-refractivity contribution is 5.72. The predicted molar refractivity (Wildman–Crippen MR) is 63.5 cm³/mol. The lowest BCUT2D eigenvalue weighted by Crippen LogP contribution is -2.52. The maximum atomic E-state index is 11.3. The monoisotopic (exact) mass is 232 g/mol. The van der Waals surface area contributed by atoms with E-state index in [2.05, 4.69) is 12.1 Å². The van der Waals surface area contributed by atoms with Crippen LogP contribution in [0.15, 0.2) is 24.3 Å². The van der Waals surface area contributed by atoms with E-state index in [0.29, 0.717) is 19.7 Å². The van der Waals surface area contributed by atoms with Crippen LogP contribution in [0.2, 0.25) is 0 Å². The van der Waals surface area contributed by atoms with E-state index in [1.165, 1.54) is 11.1 Å². The van der Waals surface area contributed by atoms with E-state index >= 15 is 0 Å². The second-order valence-corrected chi connectivity index (χ2v) is 4.76. The highest BCUT2D eigenvalue weighted by atomic mass is 16.5. The largest absolute Gasteiger partial charge is 0.367 e. The predicted octanol–water partition coefficient (Wildman–Crippen LogP) is 1.24. The smallest absolute Gasteiger partial charge is 0.314 e. The number of amides is 2. The van der Waals surface area contributed by atoms with Gasteiger partial charge in [-0.25, -0.2) is 4.79 Å². The summed E-state index contributed by atoms with van der Waals surface area (Å²) in [7, 11) is 0. The number of morpholine rings is 1. The Labute approximate surface area is 100 Å². The number of ether oxygens (including phenoxy) is 1. The number of carbonyl (C=O) groups excluding carboxylic acids is 1. The molecular formula is C13H16N2O2. The molecule has 3 rings (SSSR count). The average molecular weight is 232 g/mol. The number of hydrogen-bond acceptors (Lipinski definition) is 2. The van der Waals surface area contributed by atoms with E-state index in [1.54, 1.807) is 4.90 Å². The molecule has 4 heteroatoms. The van der Waals surface area contributed by atoms with Crippen molar-refractivity contribution in [3.8, 4) is 0 Å². The van der Waals surface area contributed by atoms with Crippen LogP contribution in [0.4, 0.5) is 4.79 Å². The van der Waals surface area contributed by atoms with Crippen LogP contribution >= 0.6 is 0 Å². The van der Waals surface area contributed by atoms with Crippen molar-refractivity contribution in [1.29, 1.82) is 0 Å². The Morgan fingerprint density at radius 3 is 3.06 bits per heavy atom. The van der Waals surface area contributed by atoms with Gasteiger partial charge in [-0.3, -0.25) is 0 Å². The first kappa shape index (κ1) is 10.6. The van der Waals surface area contributed by atoms with Crippen LogP contribution in [0.5, 0.6) is 0 Å². The summed E-state index contributed by atoms with van der Waals surface area (Å²) in [5.74, 6) is 0. The number of benzene rings is 1. The van der Waals surface area contributed by atoms with Crippen molar-refractivity contribution >= 4 is 6.03 Å². The Morgan fingerprint density at radius 1 is 1.41 bits per heavy atom. The summed E-state index contributed by atoms with van der Waals surface area (Å²) in [6.45, 7) is 1.75. The van der Waals surface area contributed by atoms with E-state index < -0.39 is 0 Å². The first-order valence-corrected chi connectivity index (χ1v) is 5.98. The number of hydrogen-bond donors (Lipinski definition) is 1. The maximum Gasteiger partial charge on any atom is 0.314 e. The quantitative estimate of drug-likeness (QED) is 0.731. The molecule has 1 aliphatic carbocycles. The molecule has 4 nitrogen and oxygen atoms in total. The molecule has 17 heavy (non-hydrogen) atoms. The third-order valence-electron chi connectivity index (χ3n) is 3.80. The third kappa shape index (κ3) is 1.60. The molecule has 2 aliphatic rings. The molecule has 0 bridgehead atoms. The van der Waals surface area contributed by atoms with Crippen molar-refractivity contribution in [2.45, 2.75) is 18.4 Å². The second-order valence-electron chi connectivity index (χ2n) is 4.76. The lowest BCUT2D eigenvalue weighted by atomic mass is 9.94. The first-order valence-electron chi connectivity index (χ1n) is 5.98. The molecule has 1 spiro atoms. The maximum absolute atomic E-state index is 11.3. The fourth-order valence-electron chi connectivity index (χ4n) is 2.94. The normalized spacial score (nSPS) is 27.2. The average Bonchev–Trinajstić information content (AvgIpc) is 2.69. The summed E-state index contributed by atoms with van der Waals surface area (Å²) >= 11 is 0. The Balaban J connectivity index is 1.95. The van der Waals surface area contributed by atoms with Crippen molar-refractivity contribution in [1.82, 2.24) is 4.90 Å². The van der Waals surface area contributed by atoms with Crippen LogP contribution in [0, 0.1) is 0 Å². The fraction of sp³-hybridized carbons (Fsp3) is 0.462. The van der Waals surface area contributed by atoms with Crippen molar-refractivity contribution in [3.63, 3.8) is 0 Å². The van der Waals surface area contributed by atoms with Gasteiger partial charge in [0.1, 0.15) is 5.60 Å². The van der Waals surface area contributed by atoms with Crippen LogP contribution in [-0.4, -0.2) is 30.6 Å². The van der Waals surface area contributed by atoms with Gasteiger partial charge in [-0.15, -0.1) is 0 Å². The molecule has 1 fully saturated rings. The summed E-state index contributed by atoms with van der Waals surface area (Å²) in [5.41, 5.74) is 7.61. The number of rotatable bonds is 0. The number of urea groups is 1. The number of fused-ring (bicyclic) bond motifs is 2. The van der Waals surface area contributed by atoms with Crippen molar-refractivity contribution in [2.24, 2.45) is 5.73 Å². The molecule has 1 unspecified atom stereocenters. The highest BCUT2D eigenvalue weighted by Crippen LogP contribution is 2.41. The summed E-state index contributed by atoms with van der Waals surface area (Å²) < 4.78 is 5.98. The van der Waals surface area contributed by atoms with Gasteiger partial charge in [0.15, 0.2) is 0 Å². The van der Waals surface area contributed by atoms with E-state index in [-0.39, 0.29) is 11.6 Å². The van der Waals surface area contributed by atoms with Crippen molar-refractivity contribution < 1.29 is 9.53 Å². The lowest BCUT2D eigenvalue weighted by molar-refractivity contribution is -0.101. The van der Waals surface area contributed by atoms with Crippen molar-refractivity contribution in [2.75, 3.05) is 19.7 Å². The highest BCUT2D eigenvalue weighted by Gasteiger charge is 2.43. The van der Waals surface area contributed by atoms with Crippen LogP contribution in [0.25, 0.3) is 0 Å². The van der Waals surface area contributed by atoms with Gasteiger partial charge in [0.25, 0.3) is 0 Å². The van der Waals surface area contributed by atoms with Gasteiger partial charge in [0.2, 0.25) is 0 Å². The van der Waals surface area contributed by atoms with E-state index in [9.17, 15) is 4.79 Å². The Hall–Kier alpha value is -1.55. The molecule has 1 aliphatic heterocycles. The lowest BCUT2D eigenvalue weighted by Gasteiger charge is -2.40. The summed E-state index contributed by atoms with van der Waals surface area (Å²) in [5, 5.41) is 0. The summed E-state index contributed by atoms with van der Waals surface area (Å²) in [4.78, 5) is 13.0. The number of nitrogens with two attached hydrogens (primary N) is 1. The molecule has 1 aromatic rings. The molecule has 0 radical (unpaired) electrons. The Bertz CT molecular complexity index is 456. The molecule has 1 atom stereocenters. The molecule has 0 saturated carbocycles. The SMILES string of the molecule is NC(=O)N1CCOC2(CCc3ccccc32)C1. The molecule has 1 saturated heterocycles. The molecule has 1 heterocycles. The van der Waals surface area contributed by atoms with Gasteiger partial charge in [0, 0.05) is 6.54 Å². The zero-order valence-corrected chi connectivity index (χ0v) is 9.69. The van der Waals surface area contributed by atoms with E-state index in [1.807, 2.05) is 12.1 Å². The minimum absolute atomic E-state index is 0.316. The summed E-state index contributed by atoms with van der Waals surface area (Å²) in [6, 6.07) is 7.96. The Kier molecular flexibility index (Phi) is 2.33. The Morgan fingerprint density at radius 2 is 2.24 bits per heavy atom. The molecule has 0 aromatic heterocycles. The standard InChI is InChI=1S/C13H16N2O2/c14-12(16)15-7-8-17-13(9-15)6-5-10-3-1-2-4-11(10)13/h1-4H,5-9H2,(H2,14,16). The second kappa shape index (κ2) is 3.74. The first-order chi connectivity index (χ1) is 8.21. The van der Waals surface area contributed by atoms with Crippen LogP contribution in [0.1, 0.15) is 17.5 Å².